The van der Waals surface area contributed by atoms with Crippen molar-refractivity contribution >= 4 is 21.9 Å². The molecule has 2 heteroatoms. The van der Waals surface area contributed by atoms with Gasteiger partial charge in [0, 0.05) is 0 Å². The van der Waals surface area contributed by atoms with Crippen molar-refractivity contribution in [2.45, 2.75) is 16.8 Å². The fraction of sp³-hybridized carbons (Fsp3) is 0.200. The first-order valence-corrected chi connectivity index (χ1v) is 8.27. The predicted molar refractivity (Wildman–Crippen MR) is 65.4 cm³/mol. The SMILES string of the molecule is c1ccc2c(c1)oc1cc([I-]C3CC3)ccc12. The van der Waals surface area contributed by atoms with Crippen LogP contribution in [0.4, 0.5) is 0 Å². The molecule has 0 spiro atoms. The summed E-state index contributed by atoms with van der Waals surface area (Å²) in [7, 11) is 0. The Hall–Kier alpha value is -1.03. The van der Waals surface area contributed by atoms with Gasteiger partial charge in [-0.15, -0.1) is 0 Å². The van der Waals surface area contributed by atoms with Gasteiger partial charge in [-0.3, -0.25) is 0 Å². The Kier molecular flexibility index (Phi) is 2.18. The summed E-state index contributed by atoms with van der Waals surface area (Å²) in [5.41, 5.74) is 2.06. The van der Waals surface area contributed by atoms with E-state index < -0.39 is 0 Å². The van der Waals surface area contributed by atoms with Gasteiger partial charge in [-0.25, -0.2) is 0 Å². The van der Waals surface area contributed by atoms with Crippen LogP contribution in [0.3, 0.4) is 0 Å². The Morgan fingerprint density at radius 3 is 2.65 bits per heavy atom. The molecule has 0 aliphatic heterocycles. The van der Waals surface area contributed by atoms with Crippen LogP contribution in [0.15, 0.2) is 46.9 Å². The number of benzene rings is 2. The Bertz CT molecular complexity index is 694. The average molecular weight is 335 g/mol. The molecule has 2 aromatic carbocycles. The van der Waals surface area contributed by atoms with E-state index in [1.165, 1.54) is 27.2 Å². The second-order valence-corrected chi connectivity index (χ2v) is 8.15. The van der Waals surface area contributed by atoms with E-state index in [2.05, 4.69) is 30.3 Å². The molecule has 1 fully saturated rings. The second-order valence-electron chi connectivity index (χ2n) is 4.52. The van der Waals surface area contributed by atoms with Crippen molar-refractivity contribution < 1.29 is 25.6 Å². The molecule has 1 nitrogen and oxygen atoms in total. The normalized spacial score (nSPS) is 16.0. The molecular formula is C15H12IO-. The third kappa shape index (κ3) is 1.75. The first kappa shape index (κ1) is 9.95. The zero-order chi connectivity index (χ0) is 11.2. The first-order chi connectivity index (χ1) is 8.40. The molecule has 0 radical (unpaired) electrons. The number of furan rings is 1. The van der Waals surface area contributed by atoms with E-state index in [4.69, 9.17) is 4.42 Å². The second kappa shape index (κ2) is 3.73. The molecule has 1 saturated carbocycles. The van der Waals surface area contributed by atoms with Crippen molar-refractivity contribution in [3.8, 4) is 0 Å². The van der Waals surface area contributed by atoms with E-state index in [0.29, 0.717) is 0 Å². The summed E-state index contributed by atoms with van der Waals surface area (Å²) in [5.74, 6) is 0. The van der Waals surface area contributed by atoms with Gasteiger partial charge in [-0.1, -0.05) is 0 Å². The van der Waals surface area contributed by atoms with Gasteiger partial charge in [0.1, 0.15) is 0 Å². The van der Waals surface area contributed by atoms with Crippen LogP contribution in [0.5, 0.6) is 0 Å². The summed E-state index contributed by atoms with van der Waals surface area (Å²) in [6, 6.07) is 15.1. The summed E-state index contributed by atoms with van der Waals surface area (Å²) in [5, 5.41) is 2.49. The van der Waals surface area contributed by atoms with Crippen molar-refractivity contribution in [1.82, 2.24) is 0 Å². The van der Waals surface area contributed by atoms with Crippen LogP contribution in [0.1, 0.15) is 12.8 Å². The van der Waals surface area contributed by atoms with Crippen molar-refractivity contribution in [1.29, 1.82) is 0 Å². The third-order valence-electron chi connectivity index (χ3n) is 3.13. The van der Waals surface area contributed by atoms with Gasteiger partial charge in [0.15, 0.2) is 0 Å². The monoisotopic (exact) mass is 335 g/mol. The van der Waals surface area contributed by atoms with Crippen LogP contribution in [0, 0.1) is 3.57 Å². The van der Waals surface area contributed by atoms with Crippen molar-refractivity contribution in [3.05, 3.63) is 46.0 Å². The van der Waals surface area contributed by atoms with E-state index in [1.807, 2.05) is 12.1 Å². The molecule has 3 aromatic rings. The number of para-hydroxylation sites is 1. The fourth-order valence-electron chi connectivity index (χ4n) is 2.12. The number of fused-ring (bicyclic) bond motifs is 3. The fourth-order valence-corrected chi connectivity index (χ4v) is 4.97. The van der Waals surface area contributed by atoms with Crippen LogP contribution < -0.4 is 21.2 Å². The quantitative estimate of drug-likeness (QED) is 0.503. The maximum atomic E-state index is 5.91. The van der Waals surface area contributed by atoms with Crippen LogP contribution in [0.2, 0.25) is 0 Å². The molecule has 86 valence electrons. The van der Waals surface area contributed by atoms with Crippen LogP contribution in [0.25, 0.3) is 21.9 Å². The molecular weight excluding hydrogens is 323 g/mol. The topological polar surface area (TPSA) is 13.1 Å². The van der Waals surface area contributed by atoms with Gasteiger partial charge < -0.3 is 0 Å². The molecule has 4 rings (SSSR count). The Balaban J connectivity index is 1.91. The summed E-state index contributed by atoms with van der Waals surface area (Å²) < 4.78 is 8.48. The van der Waals surface area contributed by atoms with Crippen molar-refractivity contribution in [3.63, 3.8) is 0 Å². The molecule has 0 unspecified atom stereocenters. The number of halogens is 1. The molecule has 0 saturated heterocycles. The van der Waals surface area contributed by atoms with E-state index in [-0.39, 0.29) is 21.2 Å². The van der Waals surface area contributed by atoms with E-state index in [0.717, 1.165) is 15.1 Å². The van der Waals surface area contributed by atoms with Gasteiger partial charge in [-0.05, 0) is 0 Å². The third-order valence-corrected chi connectivity index (χ3v) is 6.64. The standard InChI is InChI=1S/C15H12IO/c1-2-4-14-12(3-1)13-8-7-11(9-15(13)17-14)16-10-5-6-10/h1-4,7-10H,5-6H2/q-1. The van der Waals surface area contributed by atoms with E-state index >= 15 is 0 Å². The van der Waals surface area contributed by atoms with Gasteiger partial charge in [0.05, 0.1) is 0 Å². The molecule has 1 aromatic heterocycles. The van der Waals surface area contributed by atoms with Crippen LogP contribution >= 0.6 is 0 Å². The summed E-state index contributed by atoms with van der Waals surface area (Å²) in [6.07, 6.45) is 2.90. The average Bonchev–Trinajstić information content (AvgIpc) is 3.08. The molecule has 0 bridgehead atoms. The summed E-state index contributed by atoms with van der Waals surface area (Å²) in [4.78, 5) is 0. The number of hydrogen-bond acceptors (Lipinski definition) is 1. The Morgan fingerprint density at radius 2 is 1.76 bits per heavy atom. The Labute approximate surface area is 110 Å². The zero-order valence-electron chi connectivity index (χ0n) is 9.32. The maximum absolute atomic E-state index is 5.91. The molecule has 0 amide bonds. The summed E-state index contributed by atoms with van der Waals surface area (Å²) in [6.45, 7) is 0. The number of rotatable bonds is 2. The van der Waals surface area contributed by atoms with E-state index in [1.54, 1.807) is 0 Å². The van der Waals surface area contributed by atoms with E-state index in [9.17, 15) is 0 Å². The van der Waals surface area contributed by atoms with Crippen LogP contribution in [-0.2, 0) is 0 Å². The molecule has 1 heterocycles. The molecule has 0 atom stereocenters. The molecule has 1 aliphatic carbocycles. The van der Waals surface area contributed by atoms with Gasteiger partial charge in [-0.2, -0.15) is 0 Å². The minimum atomic E-state index is 0.213. The number of alkyl halides is 1. The van der Waals surface area contributed by atoms with Crippen molar-refractivity contribution in [2.75, 3.05) is 0 Å². The van der Waals surface area contributed by atoms with Crippen molar-refractivity contribution in [2.24, 2.45) is 0 Å². The molecule has 0 N–H and O–H groups in total. The first-order valence-electron chi connectivity index (χ1n) is 5.95. The zero-order valence-corrected chi connectivity index (χ0v) is 11.5. The van der Waals surface area contributed by atoms with Gasteiger partial charge >= 0.3 is 110 Å². The number of hydrogen-bond donors (Lipinski definition) is 0. The minimum absolute atomic E-state index is 0.213. The molecule has 17 heavy (non-hydrogen) atoms. The van der Waals surface area contributed by atoms with Gasteiger partial charge in [0.25, 0.3) is 0 Å². The predicted octanol–water partition coefficient (Wildman–Crippen LogP) is 1.01. The molecule has 1 aliphatic rings. The van der Waals surface area contributed by atoms with Gasteiger partial charge in [0.2, 0.25) is 0 Å². The summed E-state index contributed by atoms with van der Waals surface area (Å²) >= 11 is 0.213. The van der Waals surface area contributed by atoms with Crippen LogP contribution in [-0.4, -0.2) is 3.92 Å². The Morgan fingerprint density at radius 1 is 0.941 bits per heavy atom.